The molecule has 6 nitrogen and oxygen atoms in total. The molecule has 2 N–H and O–H groups in total. The Labute approximate surface area is 158 Å². The fraction of sp³-hybridized carbons (Fsp3) is 0.632. The highest BCUT2D eigenvalue weighted by Crippen LogP contribution is 2.08. The highest BCUT2D eigenvalue weighted by atomic mass is 32.2. The van der Waals surface area contributed by atoms with Crippen molar-refractivity contribution in [3.05, 3.63) is 35.4 Å². The van der Waals surface area contributed by atoms with Gasteiger partial charge < -0.3 is 15.4 Å². The zero-order valence-electron chi connectivity index (χ0n) is 16.6. The molecule has 0 radical (unpaired) electrons. The summed E-state index contributed by atoms with van der Waals surface area (Å²) in [6.07, 6.45) is 2.03. The highest BCUT2D eigenvalue weighted by molar-refractivity contribution is 7.90. The monoisotopic (exact) mass is 383 g/mol. The molecule has 1 unspecified atom stereocenters. The number of guanidine groups is 1. The average molecular weight is 384 g/mol. The number of benzene rings is 1. The van der Waals surface area contributed by atoms with Crippen LogP contribution in [-0.2, 0) is 27.7 Å². The van der Waals surface area contributed by atoms with Crippen molar-refractivity contribution < 1.29 is 13.2 Å². The highest BCUT2D eigenvalue weighted by Gasteiger charge is 2.09. The van der Waals surface area contributed by atoms with Crippen LogP contribution in [0.25, 0.3) is 0 Å². The third kappa shape index (κ3) is 10.4. The van der Waals surface area contributed by atoms with Crippen molar-refractivity contribution in [2.45, 2.75) is 59.4 Å². The Morgan fingerprint density at radius 3 is 2.31 bits per heavy atom. The Morgan fingerprint density at radius 1 is 1.15 bits per heavy atom. The lowest BCUT2D eigenvalue weighted by Crippen LogP contribution is -2.42. The summed E-state index contributed by atoms with van der Waals surface area (Å²) in [6.45, 7) is 9.92. The molecule has 1 aromatic carbocycles. The van der Waals surface area contributed by atoms with Crippen molar-refractivity contribution in [1.29, 1.82) is 0 Å². The zero-order chi connectivity index (χ0) is 19.6. The molecule has 1 atom stereocenters. The van der Waals surface area contributed by atoms with Crippen molar-refractivity contribution in [1.82, 2.24) is 10.6 Å². The Kier molecular flexibility index (Phi) is 9.65. The van der Waals surface area contributed by atoms with E-state index >= 15 is 0 Å². The van der Waals surface area contributed by atoms with Gasteiger partial charge in [-0.05, 0) is 45.2 Å². The first kappa shape index (κ1) is 22.4. The van der Waals surface area contributed by atoms with Crippen molar-refractivity contribution in [2.24, 2.45) is 4.99 Å². The Bertz CT molecular complexity index is 655. The van der Waals surface area contributed by atoms with E-state index in [9.17, 15) is 8.42 Å². The van der Waals surface area contributed by atoms with Crippen molar-refractivity contribution in [3.8, 4) is 0 Å². The topological polar surface area (TPSA) is 79.8 Å². The summed E-state index contributed by atoms with van der Waals surface area (Å²) < 4.78 is 28.2. The zero-order valence-corrected chi connectivity index (χ0v) is 17.4. The predicted molar refractivity (Wildman–Crippen MR) is 108 cm³/mol. The number of hydrogen-bond donors (Lipinski definition) is 2. The van der Waals surface area contributed by atoms with Gasteiger partial charge in [0.05, 0.1) is 25.0 Å². The second-order valence-corrected chi connectivity index (χ2v) is 9.10. The van der Waals surface area contributed by atoms with E-state index in [2.05, 4.69) is 39.9 Å². The Balaban J connectivity index is 2.59. The number of rotatable bonds is 10. The molecule has 26 heavy (non-hydrogen) atoms. The van der Waals surface area contributed by atoms with Gasteiger partial charge in [0.1, 0.15) is 9.84 Å². The minimum absolute atomic E-state index is 0.0260. The molecule has 0 fully saturated rings. The second-order valence-electron chi connectivity index (χ2n) is 6.84. The van der Waals surface area contributed by atoms with Crippen LogP contribution in [0.4, 0.5) is 0 Å². The first-order chi connectivity index (χ1) is 12.2. The summed E-state index contributed by atoms with van der Waals surface area (Å²) in [6, 6.07) is 8.25. The first-order valence-corrected chi connectivity index (χ1v) is 11.2. The van der Waals surface area contributed by atoms with E-state index in [1.165, 1.54) is 6.26 Å². The number of aliphatic imine (C=N–C) groups is 1. The van der Waals surface area contributed by atoms with Crippen LogP contribution in [-0.4, -0.2) is 45.1 Å². The Hall–Kier alpha value is -1.60. The van der Waals surface area contributed by atoms with Gasteiger partial charge in [-0.1, -0.05) is 24.3 Å². The summed E-state index contributed by atoms with van der Waals surface area (Å²) in [5, 5.41) is 6.45. The number of nitrogens with one attached hydrogen (secondary N) is 2. The number of sulfone groups is 1. The van der Waals surface area contributed by atoms with Gasteiger partial charge in [-0.2, -0.15) is 0 Å². The molecule has 1 aromatic rings. The molecule has 0 aromatic heterocycles. The fourth-order valence-electron chi connectivity index (χ4n) is 2.19. The van der Waals surface area contributed by atoms with Gasteiger partial charge in [0.2, 0.25) is 0 Å². The molecule has 0 saturated carbocycles. The third-order valence-electron chi connectivity index (χ3n) is 3.68. The van der Waals surface area contributed by atoms with E-state index in [0.717, 1.165) is 17.7 Å². The van der Waals surface area contributed by atoms with Gasteiger partial charge in [0.25, 0.3) is 0 Å². The van der Waals surface area contributed by atoms with E-state index in [1.807, 2.05) is 27.7 Å². The molecule has 148 valence electrons. The van der Waals surface area contributed by atoms with Crippen LogP contribution >= 0.6 is 0 Å². The fourth-order valence-corrected chi connectivity index (χ4v) is 2.97. The van der Waals surface area contributed by atoms with Crippen molar-refractivity contribution in [3.63, 3.8) is 0 Å². The van der Waals surface area contributed by atoms with Crippen molar-refractivity contribution in [2.75, 3.05) is 18.6 Å². The number of ether oxygens (including phenoxy) is 1. The summed E-state index contributed by atoms with van der Waals surface area (Å²) in [5.74, 6) is 0.862. The van der Waals surface area contributed by atoms with E-state index < -0.39 is 9.84 Å². The molecule has 0 heterocycles. The maximum Gasteiger partial charge on any atom is 0.191 e. The molecular formula is C19H33N3O3S. The van der Waals surface area contributed by atoms with Gasteiger partial charge >= 0.3 is 0 Å². The first-order valence-electron chi connectivity index (χ1n) is 9.11. The lowest BCUT2D eigenvalue weighted by Gasteiger charge is -2.17. The van der Waals surface area contributed by atoms with Crippen LogP contribution in [0.15, 0.2) is 29.3 Å². The largest absolute Gasteiger partial charge is 0.374 e. The molecule has 7 heteroatoms. The lowest BCUT2D eigenvalue weighted by molar-refractivity contribution is 0.0657. The molecule has 0 saturated heterocycles. The van der Waals surface area contributed by atoms with E-state index in [4.69, 9.17) is 4.74 Å². The summed E-state index contributed by atoms with van der Waals surface area (Å²) in [7, 11) is -2.95. The predicted octanol–water partition coefficient (Wildman–Crippen LogP) is 2.49. The van der Waals surface area contributed by atoms with Gasteiger partial charge in [-0.25, -0.2) is 13.4 Å². The summed E-state index contributed by atoms with van der Waals surface area (Å²) in [4.78, 5) is 4.59. The van der Waals surface area contributed by atoms with E-state index in [0.29, 0.717) is 25.5 Å². The SMILES string of the molecule is CCNC(=NCc1ccc(COC(C)C)cc1)NC(C)CCS(C)(=O)=O. The molecule has 0 aliphatic carbocycles. The molecule has 0 bridgehead atoms. The van der Waals surface area contributed by atoms with Crippen LogP contribution < -0.4 is 10.6 Å². The molecule has 0 aliphatic heterocycles. The third-order valence-corrected chi connectivity index (χ3v) is 4.65. The van der Waals surface area contributed by atoms with Crippen LogP contribution in [0, 0.1) is 0 Å². The molecular weight excluding hydrogens is 350 g/mol. The van der Waals surface area contributed by atoms with Gasteiger partial charge in [0.15, 0.2) is 5.96 Å². The van der Waals surface area contributed by atoms with Gasteiger partial charge in [-0.15, -0.1) is 0 Å². The molecule has 0 amide bonds. The van der Waals surface area contributed by atoms with Crippen LogP contribution in [0.5, 0.6) is 0 Å². The summed E-state index contributed by atoms with van der Waals surface area (Å²) >= 11 is 0. The Morgan fingerprint density at radius 2 is 1.77 bits per heavy atom. The molecule has 1 rings (SSSR count). The van der Waals surface area contributed by atoms with Crippen LogP contribution in [0.2, 0.25) is 0 Å². The number of hydrogen-bond acceptors (Lipinski definition) is 4. The van der Waals surface area contributed by atoms with E-state index in [-0.39, 0.29) is 17.9 Å². The van der Waals surface area contributed by atoms with Crippen LogP contribution in [0.1, 0.15) is 45.2 Å². The van der Waals surface area contributed by atoms with Gasteiger partial charge in [-0.3, -0.25) is 0 Å². The molecule has 0 spiro atoms. The summed E-state index contributed by atoms with van der Waals surface area (Å²) in [5.41, 5.74) is 2.25. The minimum Gasteiger partial charge on any atom is -0.374 e. The quantitative estimate of drug-likeness (QED) is 0.479. The standard InChI is InChI=1S/C19H33N3O3S/c1-6-20-19(22-16(4)11-12-26(5,23)24)21-13-17-7-9-18(10-8-17)14-25-15(2)3/h7-10,15-16H,6,11-14H2,1-5H3,(H2,20,21,22). The lowest BCUT2D eigenvalue weighted by atomic mass is 10.1. The molecule has 0 aliphatic rings. The van der Waals surface area contributed by atoms with E-state index in [1.54, 1.807) is 0 Å². The van der Waals surface area contributed by atoms with Crippen molar-refractivity contribution >= 4 is 15.8 Å². The second kappa shape index (κ2) is 11.2. The maximum absolute atomic E-state index is 11.3. The van der Waals surface area contributed by atoms with Gasteiger partial charge in [0, 0.05) is 18.8 Å². The minimum atomic E-state index is -2.95. The maximum atomic E-state index is 11.3. The normalized spacial score (nSPS) is 13.7. The van der Waals surface area contributed by atoms with Crippen LogP contribution in [0.3, 0.4) is 0 Å². The smallest absolute Gasteiger partial charge is 0.191 e. The average Bonchev–Trinajstić information content (AvgIpc) is 2.56. The number of nitrogens with zero attached hydrogens (tertiary/aromatic N) is 1.